The van der Waals surface area contributed by atoms with Gasteiger partial charge in [0.1, 0.15) is 11.4 Å². The van der Waals surface area contributed by atoms with Gasteiger partial charge in [0.2, 0.25) is 0 Å². The van der Waals surface area contributed by atoms with Gasteiger partial charge in [-0.25, -0.2) is 4.98 Å². The van der Waals surface area contributed by atoms with Gasteiger partial charge in [0.15, 0.2) is 0 Å². The second-order valence-electron chi connectivity index (χ2n) is 2.84. The third-order valence-electron chi connectivity index (χ3n) is 1.25. The zero-order valence-corrected chi connectivity index (χ0v) is 6.46. The smallest absolute Gasteiger partial charge is 0.250 e. The molecule has 0 aliphatic rings. The molecule has 4 heteroatoms. The molecule has 0 fully saturated rings. The highest BCUT2D eigenvalue weighted by Gasteiger charge is 2.17. The molecule has 0 saturated carbocycles. The first-order chi connectivity index (χ1) is 5.00. The van der Waals surface area contributed by atoms with E-state index in [9.17, 15) is 9.90 Å². The zero-order valence-electron chi connectivity index (χ0n) is 6.46. The van der Waals surface area contributed by atoms with E-state index in [1.165, 1.54) is 12.3 Å². The Bertz CT molecular complexity index is 298. The van der Waals surface area contributed by atoms with Crippen LogP contribution in [0.2, 0.25) is 0 Å². The van der Waals surface area contributed by atoms with E-state index < -0.39 is 5.60 Å². The molecule has 0 aliphatic carbocycles. The average molecular weight is 154 g/mol. The summed E-state index contributed by atoms with van der Waals surface area (Å²) in [5.41, 5.74) is -1.34. The molecule has 11 heavy (non-hydrogen) atoms. The van der Waals surface area contributed by atoms with Crippen LogP contribution in [0.25, 0.3) is 0 Å². The first-order valence-electron chi connectivity index (χ1n) is 3.28. The zero-order chi connectivity index (χ0) is 8.48. The summed E-state index contributed by atoms with van der Waals surface area (Å²) in [6.07, 6.45) is 1.37. The van der Waals surface area contributed by atoms with E-state index >= 15 is 0 Å². The number of hydrogen-bond acceptors (Lipinski definition) is 3. The average Bonchev–Trinajstić information content (AvgIpc) is 1.86. The lowest BCUT2D eigenvalue weighted by Crippen LogP contribution is -2.23. The third kappa shape index (κ3) is 1.88. The molecule has 0 radical (unpaired) electrons. The Balaban J connectivity index is 3.16. The minimum absolute atomic E-state index is 0.253. The summed E-state index contributed by atoms with van der Waals surface area (Å²) in [5.74, 6) is 0.282. The van der Waals surface area contributed by atoms with E-state index in [0.29, 0.717) is 0 Å². The van der Waals surface area contributed by atoms with Gasteiger partial charge in [-0.1, -0.05) is 0 Å². The summed E-state index contributed by atoms with van der Waals surface area (Å²) >= 11 is 0. The Morgan fingerprint density at radius 2 is 2.27 bits per heavy atom. The molecule has 0 aromatic carbocycles. The van der Waals surface area contributed by atoms with Crippen LogP contribution >= 0.6 is 0 Å². The van der Waals surface area contributed by atoms with Crippen molar-refractivity contribution in [3.05, 3.63) is 28.4 Å². The Labute approximate surface area is 63.9 Å². The van der Waals surface area contributed by atoms with Gasteiger partial charge in [-0.2, -0.15) is 0 Å². The van der Waals surface area contributed by atoms with Crippen molar-refractivity contribution in [2.75, 3.05) is 0 Å². The van der Waals surface area contributed by atoms with E-state index in [2.05, 4.69) is 9.97 Å². The molecule has 1 aromatic rings. The second kappa shape index (κ2) is 2.47. The monoisotopic (exact) mass is 154 g/mol. The number of rotatable bonds is 1. The van der Waals surface area contributed by atoms with Crippen molar-refractivity contribution >= 4 is 0 Å². The molecule has 0 amide bonds. The maximum Gasteiger partial charge on any atom is 0.250 e. The van der Waals surface area contributed by atoms with Gasteiger partial charge in [-0.3, -0.25) is 4.79 Å². The lowest BCUT2D eigenvalue weighted by atomic mass is 10.1. The van der Waals surface area contributed by atoms with Gasteiger partial charge < -0.3 is 10.1 Å². The minimum atomic E-state index is -1.08. The first kappa shape index (κ1) is 7.94. The number of H-pyrrole nitrogens is 1. The maximum atomic E-state index is 10.7. The molecule has 0 bridgehead atoms. The second-order valence-corrected chi connectivity index (χ2v) is 2.84. The molecule has 0 unspecified atom stereocenters. The third-order valence-corrected chi connectivity index (χ3v) is 1.25. The van der Waals surface area contributed by atoms with Crippen LogP contribution in [0.4, 0.5) is 0 Å². The van der Waals surface area contributed by atoms with Crippen molar-refractivity contribution in [1.29, 1.82) is 0 Å². The van der Waals surface area contributed by atoms with E-state index in [1.54, 1.807) is 13.8 Å². The van der Waals surface area contributed by atoms with Crippen molar-refractivity contribution in [2.45, 2.75) is 19.4 Å². The van der Waals surface area contributed by atoms with E-state index in [4.69, 9.17) is 0 Å². The number of aromatic amines is 1. The molecule has 0 spiro atoms. The van der Waals surface area contributed by atoms with E-state index in [1.807, 2.05) is 0 Å². The quantitative estimate of drug-likeness (QED) is 0.598. The molecule has 4 nitrogen and oxygen atoms in total. The molecule has 60 valence electrons. The van der Waals surface area contributed by atoms with Crippen molar-refractivity contribution in [3.8, 4) is 0 Å². The number of hydrogen-bond donors (Lipinski definition) is 2. The van der Waals surface area contributed by atoms with Gasteiger partial charge in [-0.15, -0.1) is 0 Å². The molecule has 2 N–H and O–H groups in total. The van der Waals surface area contributed by atoms with Crippen LogP contribution in [0.15, 0.2) is 17.1 Å². The van der Waals surface area contributed by atoms with Crippen LogP contribution in [-0.4, -0.2) is 15.1 Å². The highest BCUT2D eigenvalue weighted by atomic mass is 16.3. The Morgan fingerprint density at radius 1 is 1.64 bits per heavy atom. The molecule has 1 rings (SSSR count). The topological polar surface area (TPSA) is 66.0 Å². The molecular formula is C7H10N2O2. The summed E-state index contributed by atoms with van der Waals surface area (Å²) in [6, 6.07) is 1.30. The van der Waals surface area contributed by atoms with Gasteiger partial charge >= 0.3 is 0 Å². The van der Waals surface area contributed by atoms with Crippen molar-refractivity contribution in [2.24, 2.45) is 0 Å². The van der Waals surface area contributed by atoms with Gasteiger partial charge in [-0.05, 0) is 13.8 Å². The van der Waals surface area contributed by atoms with Crippen LogP contribution < -0.4 is 5.56 Å². The predicted octanol–water partition coefficient (Wildman–Crippen LogP) is -0.00270. The van der Waals surface area contributed by atoms with Crippen molar-refractivity contribution in [3.63, 3.8) is 0 Å². The van der Waals surface area contributed by atoms with Crippen LogP contribution in [0.5, 0.6) is 0 Å². The first-order valence-corrected chi connectivity index (χ1v) is 3.28. The van der Waals surface area contributed by atoms with Crippen LogP contribution in [0.3, 0.4) is 0 Å². The molecule has 0 atom stereocenters. The van der Waals surface area contributed by atoms with Gasteiger partial charge in [0.05, 0.1) is 0 Å². The fraction of sp³-hybridized carbons (Fsp3) is 0.429. The fourth-order valence-electron chi connectivity index (χ4n) is 0.681. The molecular weight excluding hydrogens is 144 g/mol. The number of aliphatic hydroxyl groups is 1. The highest BCUT2D eigenvalue weighted by Crippen LogP contribution is 2.11. The van der Waals surface area contributed by atoms with Crippen molar-refractivity contribution in [1.82, 2.24) is 9.97 Å². The van der Waals surface area contributed by atoms with Crippen LogP contribution in [0, 0.1) is 0 Å². The molecule has 0 saturated heterocycles. The normalized spacial score (nSPS) is 11.5. The van der Waals surface area contributed by atoms with E-state index in [0.717, 1.165) is 0 Å². The van der Waals surface area contributed by atoms with Gasteiger partial charge in [0, 0.05) is 12.3 Å². The Kier molecular flexibility index (Phi) is 1.78. The number of aromatic nitrogens is 2. The van der Waals surface area contributed by atoms with E-state index in [-0.39, 0.29) is 11.4 Å². The summed E-state index contributed by atoms with van der Waals surface area (Å²) in [7, 11) is 0. The molecule has 1 aromatic heterocycles. The minimum Gasteiger partial charge on any atom is -0.383 e. The van der Waals surface area contributed by atoms with Crippen LogP contribution in [0.1, 0.15) is 19.7 Å². The summed E-state index contributed by atoms with van der Waals surface area (Å²) < 4.78 is 0. The maximum absolute atomic E-state index is 10.7. The summed E-state index contributed by atoms with van der Waals surface area (Å²) in [6.45, 7) is 3.12. The lowest BCUT2D eigenvalue weighted by Gasteiger charge is -2.14. The molecule has 0 aliphatic heterocycles. The predicted molar refractivity (Wildman–Crippen MR) is 40.1 cm³/mol. The Morgan fingerprint density at radius 3 is 2.64 bits per heavy atom. The van der Waals surface area contributed by atoms with Gasteiger partial charge in [0.25, 0.3) is 5.56 Å². The summed E-state index contributed by atoms with van der Waals surface area (Å²) in [5, 5.41) is 9.38. The van der Waals surface area contributed by atoms with Crippen LogP contribution in [-0.2, 0) is 5.60 Å². The SMILES string of the molecule is CC(C)(O)c1nccc(=O)[nH]1. The van der Waals surface area contributed by atoms with Crippen molar-refractivity contribution < 1.29 is 5.11 Å². The largest absolute Gasteiger partial charge is 0.383 e. The highest BCUT2D eigenvalue weighted by molar-refractivity contribution is 4.97. The fourth-order valence-corrected chi connectivity index (χ4v) is 0.681. The number of nitrogens with one attached hydrogen (secondary N) is 1. The lowest BCUT2D eigenvalue weighted by molar-refractivity contribution is 0.0684. The molecule has 1 heterocycles. The number of nitrogens with zero attached hydrogens (tertiary/aromatic N) is 1. The Hall–Kier alpha value is -1.16. The standard InChI is InChI=1S/C7H10N2O2/c1-7(2,11)6-8-4-3-5(10)9-6/h3-4,11H,1-2H3,(H,8,9,10). The summed E-state index contributed by atoms with van der Waals surface area (Å²) in [4.78, 5) is 17.0.